The summed E-state index contributed by atoms with van der Waals surface area (Å²) in [5, 5.41) is 30.9. The minimum atomic E-state index is -1.32. The van der Waals surface area contributed by atoms with Crippen molar-refractivity contribution in [3.63, 3.8) is 0 Å². The lowest BCUT2D eigenvalue weighted by molar-refractivity contribution is -0.384. The number of aliphatic hydroxyl groups excluding tert-OH is 2. The molecule has 0 aliphatic rings. The Balaban J connectivity index is 3.19. The van der Waals surface area contributed by atoms with Crippen molar-refractivity contribution in [3.05, 3.63) is 32.8 Å². The quantitative estimate of drug-likeness (QED) is 0.329. The molecule has 1 rings (SSSR count). The first kappa shape index (κ1) is 15.2. The largest absolute Gasteiger partial charge is 0.393 e. The lowest BCUT2D eigenvalue weighted by atomic mass is 10.00. The van der Waals surface area contributed by atoms with E-state index >= 15 is 0 Å². The van der Waals surface area contributed by atoms with Gasteiger partial charge in [0.15, 0.2) is 0 Å². The number of hydrogen-bond acceptors (Lipinski definition) is 5. The second-order valence-corrected chi connectivity index (χ2v) is 4.90. The Morgan fingerprint density at radius 2 is 2.11 bits per heavy atom. The van der Waals surface area contributed by atoms with Gasteiger partial charge in [0.1, 0.15) is 11.8 Å². The van der Waals surface area contributed by atoms with Crippen LogP contribution in [0.25, 0.3) is 0 Å². The number of nitro benzene ring substituents is 1. The Hall–Kier alpha value is -0.890. The predicted octanol–water partition coefficient (Wildman–Crippen LogP) is 2.01. The summed E-state index contributed by atoms with van der Waals surface area (Å²) in [4.78, 5) is 10.1. The molecular weight excluding hydrogens is 327 g/mol. The third-order valence-electron chi connectivity index (χ3n) is 2.44. The van der Waals surface area contributed by atoms with Crippen molar-refractivity contribution in [1.29, 1.82) is 0 Å². The number of nitrogens with two attached hydrogens (primary N) is 1. The SMILES string of the molecule is Nc1c(C(O)C(O)CCBr)cc(Cl)cc1[N+](=O)[O-]. The Bertz CT molecular complexity index is 458. The molecule has 0 amide bonds. The van der Waals surface area contributed by atoms with Crippen molar-refractivity contribution < 1.29 is 15.1 Å². The first-order valence-electron chi connectivity index (χ1n) is 5.04. The van der Waals surface area contributed by atoms with Crippen molar-refractivity contribution in [2.24, 2.45) is 0 Å². The Labute approximate surface area is 117 Å². The number of halogens is 2. The Morgan fingerprint density at radius 1 is 1.50 bits per heavy atom. The van der Waals surface area contributed by atoms with Gasteiger partial charge >= 0.3 is 0 Å². The van der Waals surface area contributed by atoms with Gasteiger partial charge < -0.3 is 15.9 Å². The van der Waals surface area contributed by atoms with E-state index in [1.807, 2.05) is 0 Å². The molecule has 0 bridgehead atoms. The van der Waals surface area contributed by atoms with E-state index in [1.54, 1.807) is 0 Å². The maximum absolute atomic E-state index is 10.8. The zero-order valence-corrected chi connectivity index (χ0v) is 11.6. The fourth-order valence-corrected chi connectivity index (χ4v) is 2.19. The summed E-state index contributed by atoms with van der Waals surface area (Å²) in [6.07, 6.45) is -2.12. The number of alkyl halides is 1. The minimum absolute atomic E-state index is 0.0580. The van der Waals surface area contributed by atoms with Gasteiger partial charge in [-0.25, -0.2) is 0 Å². The van der Waals surface area contributed by atoms with Crippen LogP contribution in [0.15, 0.2) is 12.1 Å². The van der Waals surface area contributed by atoms with Gasteiger partial charge in [0.2, 0.25) is 0 Å². The van der Waals surface area contributed by atoms with Gasteiger partial charge in [0, 0.05) is 22.0 Å². The second kappa shape index (κ2) is 6.33. The van der Waals surface area contributed by atoms with Crippen LogP contribution in [0.2, 0.25) is 5.02 Å². The molecule has 4 N–H and O–H groups in total. The van der Waals surface area contributed by atoms with Gasteiger partial charge in [-0.2, -0.15) is 0 Å². The number of rotatable bonds is 5. The standard InChI is InChI=1S/C10H12BrClN2O4/c11-2-1-8(15)10(16)6-3-5(12)4-7(9(6)13)14(17)18/h3-4,8,10,15-16H,1-2,13H2. The first-order valence-corrected chi connectivity index (χ1v) is 6.53. The van der Waals surface area contributed by atoms with Crippen LogP contribution in [0.3, 0.4) is 0 Å². The molecule has 1 aromatic carbocycles. The van der Waals surface area contributed by atoms with E-state index in [0.717, 1.165) is 6.07 Å². The molecule has 8 heteroatoms. The van der Waals surface area contributed by atoms with Gasteiger partial charge in [0.05, 0.1) is 11.0 Å². The normalized spacial score (nSPS) is 14.2. The van der Waals surface area contributed by atoms with Gasteiger partial charge in [-0.05, 0) is 12.5 Å². The van der Waals surface area contributed by atoms with Crippen LogP contribution in [-0.4, -0.2) is 26.6 Å². The number of aliphatic hydroxyl groups is 2. The molecule has 0 aromatic heterocycles. The van der Waals surface area contributed by atoms with E-state index in [-0.39, 0.29) is 28.4 Å². The zero-order chi connectivity index (χ0) is 13.9. The average molecular weight is 340 g/mol. The fraction of sp³-hybridized carbons (Fsp3) is 0.400. The van der Waals surface area contributed by atoms with Crippen LogP contribution in [0.5, 0.6) is 0 Å². The highest BCUT2D eigenvalue weighted by Crippen LogP contribution is 2.34. The fourth-order valence-electron chi connectivity index (χ4n) is 1.50. The highest BCUT2D eigenvalue weighted by Gasteiger charge is 2.25. The van der Waals surface area contributed by atoms with E-state index in [0.29, 0.717) is 5.33 Å². The Morgan fingerprint density at radius 3 is 2.61 bits per heavy atom. The molecule has 0 fully saturated rings. The lowest BCUT2D eigenvalue weighted by Gasteiger charge is -2.19. The van der Waals surface area contributed by atoms with Gasteiger partial charge in [0.25, 0.3) is 5.69 Å². The summed E-state index contributed by atoms with van der Waals surface area (Å²) >= 11 is 8.85. The van der Waals surface area contributed by atoms with E-state index in [1.165, 1.54) is 6.07 Å². The summed E-state index contributed by atoms with van der Waals surface area (Å²) in [6, 6.07) is 2.41. The molecule has 6 nitrogen and oxygen atoms in total. The molecule has 0 heterocycles. The molecule has 0 aliphatic heterocycles. The average Bonchev–Trinajstić information content (AvgIpc) is 2.30. The molecule has 100 valence electrons. The highest BCUT2D eigenvalue weighted by molar-refractivity contribution is 9.09. The molecular formula is C10H12BrClN2O4. The predicted molar refractivity (Wildman–Crippen MR) is 71.9 cm³/mol. The molecule has 0 saturated heterocycles. The van der Waals surface area contributed by atoms with Crippen molar-refractivity contribution in [3.8, 4) is 0 Å². The summed E-state index contributed by atoms with van der Waals surface area (Å²) < 4.78 is 0. The van der Waals surface area contributed by atoms with Crippen molar-refractivity contribution in [2.75, 3.05) is 11.1 Å². The summed E-state index contributed by atoms with van der Waals surface area (Å²) in [7, 11) is 0. The molecule has 2 unspecified atom stereocenters. The molecule has 1 aromatic rings. The Kier molecular flexibility index (Phi) is 5.33. The van der Waals surface area contributed by atoms with Crippen LogP contribution in [0.4, 0.5) is 11.4 Å². The first-order chi connectivity index (χ1) is 8.38. The molecule has 2 atom stereocenters. The topological polar surface area (TPSA) is 110 Å². The molecule has 0 aliphatic carbocycles. The van der Waals surface area contributed by atoms with Gasteiger partial charge in [-0.3, -0.25) is 10.1 Å². The van der Waals surface area contributed by atoms with Crippen molar-refractivity contribution >= 4 is 38.9 Å². The number of nitrogens with zero attached hydrogens (tertiary/aromatic N) is 1. The number of nitrogen functional groups attached to an aromatic ring is 1. The molecule has 0 saturated carbocycles. The third kappa shape index (κ3) is 3.32. The lowest BCUT2D eigenvalue weighted by Crippen LogP contribution is -2.20. The van der Waals surface area contributed by atoms with Crippen LogP contribution in [0.1, 0.15) is 18.1 Å². The van der Waals surface area contributed by atoms with Crippen LogP contribution < -0.4 is 5.73 Å². The molecule has 0 radical (unpaired) electrons. The summed E-state index contributed by atoms with van der Waals surface area (Å²) in [5.74, 6) is 0. The zero-order valence-electron chi connectivity index (χ0n) is 9.22. The minimum Gasteiger partial charge on any atom is -0.393 e. The van der Waals surface area contributed by atoms with Crippen LogP contribution in [0, 0.1) is 10.1 Å². The van der Waals surface area contributed by atoms with Crippen LogP contribution >= 0.6 is 27.5 Å². The number of hydrogen-bond donors (Lipinski definition) is 3. The highest BCUT2D eigenvalue weighted by atomic mass is 79.9. The summed E-state index contributed by atoms with van der Waals surface area (Å²) in [5.41, 5.74) is 5.09. The number of nitro groups is 1. The second-order valence-electron chi connectivity index (χ2n) is 3.67. The van der Waals surface area contributed by atoms with E-state index < -0.39 is 17.1 Å². The number of anilines is 1. The van der Waals surface area contributed by atoms with E-state index in [2.05, 4.69) is 15.9 Å². The summed E-state index contributed by atoms with van der Waals surface area (Å²) in [6.45, 7) is 0. The van der Waals surface area contributed by atoms with Gasteiger partial charge in [-0.1, -0.05) is 27.5 Å². The van der Waals surface area contributed by atoms with Crippen LogP contribution in [-0.2, 0) is 0 Å². The van der Waals surface area contributed by atoms with E-state index in [9.17, 15) is 20.3 Å². The van der Waals surface area contributed by atoms with Crippen molar-refractivity contribution in [1.82, 2.24) is 0 Å². The third-order valence-corrected chi connectivity index (χ3v) is 3.12. The van der Waals surface area contributed by atoms with E-state index in [4.69, 9.17) is 17.3 Å². The maximum Gasteiger partial charge on any atom is 0.293 e. The maximum atomic E-state index is 10.8. The smallest absolute Gasteiger partial charge is 0.293 e. The molecule has 18 heavy (non-hydrogen) atoms. The molecule has 0 spiro atoms. The monoisotopic (exact) mass is 338 g/mol. The number of benzene rings is 1. The van der Waals surface area contributed by atoms with Crippen molar-refractivity contribution in [2.45, 2.75) is 18.6 Å². The van der Waals surface area contributed by atoms with Gasteiger partial charge in [-0.15, -0.1) is 0 Å².